The third-order valence-corrected chi connectivity index (χ3v) is 5.85. The maximum Gasteiger partial charge on any atom is 0.270 e. The maximum absolute atomic E-state index is 12.5. The Balaban J connectivity index is 0.00000131. The molecule has 3 heterocycles. The lowest BCUT2D eigenvalue weighted by atomic mass is 10.00. The first-order chi connectivity index (χ1) is 12.2. The number of hydrogen-bond acceptors (Lipinski definition) is 5. The standard InChI is InChI=1S/C19H23N3O2S.2ClH/c1-2-24-16-7-3-12(4-8-16)19-22-17(11-25-19)18(23)21-15-9-13-5-6-14(10-15)20-13;;/h3-4,7-8,11,13-15,20H,2,5-6,9-10H2,1H3,(H,21,23);2*1H. The molecular weight excluding hydrogens is 405 g/mol. The van der Waals surface area contributed by atoms with Crippen LogP contribution in [-0.2, 0) is 0 Å². The van der Waals surface area contributed by atoms with Crippen LogP contribution in [0.15, 0.2) is 29.6 Å². The Morgan fingerprint density at radius 3 is 2.52 bits per heavy atom. The summed E-state index contributed by atoms with van der Waals surface area (Å²) in [6.07, 6.45) is 4.52. The van der Waals surface area contributed by atoms with E-state index in [1.807, 2.05) is 36.6 Å². The second-order valence-electron chi connectivity index (χ2n) is 6.77. The van der Waals surface area contributed by atoms with Gasteiger partial charge in [0.2, 0.25) is 0 Å². The van der Waals surface area contributed by atoms with Crippen LogP contribution >= 0.6 is 36.2 Å². The van der Waals surface area contributed by atoms with E-state index in [1.165, 1.54) is 24.2 Å². The predicted octanol–water partition coefficient (Wildman–Crippen LogP) is 4.07. The van der Waals surface area contributed by atoms with E-state index in [0.29, 0.717) is 24.4 Å². The van der Waals surface area contributed by atoms with Gasteiger partial charge in [-0.1, -0.05) is 0 Å². The number of carbonyl (C=O) groups is 1. The molecule has 27 heavy (non-hydrogen) atoms. The van der Waals surface area contributed by atoms with Gasteiger partial charge in [0.15, 0.2) is 0 Å². The zero-order chi connectivity index (χ0) is 17.2. The number of hydrogen-bond donors (Lipinski definition) is 2. The van der Waals surface area contributed by atoms with Crippen LogP contribution in [0, 0.1) is 0 Å². The van der Waals surface area contributed by atoms with E-state index < -0.39 is 0 Å². The molecule has 2 aromatic rings. The summed E-state index contributed by atoms with van der Waals surface area (Å²) in [6, 6.07) is 9.24. The quantitative estimate of drug-likeness (QED) is 0.751. The minimum absolute atomic E-state index is 0. The van der Waals surface area contributed by atoms with E-state index in [-0.39, 0.29) is 36.8 Å². The summed E-state index contributed by atoms with van der Waals surface area (Å²) < 4.78 is 5.46. The number of halogens is 2. The van der Waals surface area contributed by atoms with Crippen molar-refractivity contribution in [2.24, 2.45) is 0 Å². The first kappa shape index (κ1) is 22.0. The van der Waals surface area contributed by atoms with Crippen LogP contribution in [0.25, 0.3) is 10.6 Å². The lowest BCUT2D eigenvalue weighted by Crippen LogP contribution is -2.48. The van der Waals surface area contributed by atoms with Gasteiger partial charge in [0.05, 0.1) is 6.61 Å². The zero-order valence-corrected chi connectivity index (χ0v) is 17.6. The highest BCUT2D eigenvalue weighted by Gasteiger charge is 2.34. The molecule has 8 heteroatoms. The number of rotatable bonds is 5. The number of nitrogens with one attached hydrogen (secondary N) is 2. The second kappa shape index (κ2) is 9.73. The molecule has 148 valence electrons. The molecule has 1 aromatic carbocycles. The molecule has 1 aromatic heterocycles. The summed E-state index contributed by atoms with van der Waals surface area (Å²) in [4.78, 5) is 17.0. The summed E-state index contributed by atoms with van der Waals surface area (Å²) in [5.41, 5.74) is 1.52. The Bertz CT molecular complexity index is 742. The number of fused-ring (bicyclic) bond motifs is 2. The Morgan fingerprint density at radius 1 is 1.22 bits per heavy atom. The fraction of sp³-hybridized carbons (Fsp3) is 0.474. The lowest BCUT2D eigenvalue weighted by Gasteiger charge is -2.29. The van der Waals surface area contributed by atoms with Gasteiger partial charge in [-0.2, -0.15) is 0 Å². The summed E-state index contributed by atoms with van der Waals surface area (Å²) in [6.45, 7) is 2.62. The smallest absolute Gasteiger partial charge is 0.270 e. The molecule has 0 aliphatic carbocycles. The molecule has 2 N–H and O–H groups in total. The topological polar surface area (TPSA) is 63.2 Å². The summed E-state index contributed by atoms with van der Waals surface area (Å²) in [5.74, 6) is 0.793. The molecule has 5 nitrogen and oxygen atoms in total. The van der Waals surface area contributed by atoms with E-state index >= 15 is 0 Å². The number of aromatic nitrogens is 1. The predicted molar refractivity (Wildman–Crippen MR) is 114 cm³/mol. The average molecular weight is 430 g/mol. The van der Waals surface area contributed by atoms with Crippen molar-refractivity contribution < 1.29 is 9.53 Å². The van der Waals surface area contributed by atoms with Crippen molar-refractivity contribution in [1.29, 1.82) is 0 Å². The summed E-state index contributed by atoms with van der Waals surface area (Å²) in [7, 11) is 0. The highest BCUT2D eigenvalue weighted by Crippen LogP contribution is 2.28. The number of amides is 1. The van der Waals surface area contributed by atoms with Crippen LogP contribution < -0.4 is 15.4 Å². The summed E-state index contributed by atoms with van der Waals surface area (Å²) in [5, 5.41) is 9.47. The molecule has 0 radical (unpaired) electrons. The fourth-order valence-electron chi connectivity index (χ4n) is 3.81. The van der Waals surface area contributed by atoms with Crippen molar-refractivity contribution in [2.45, 2.75) is 50.7 Å². The van der Waals surface area contributed by atoms with Crippen LogP contribution in [0.2, 0.25) is 0 Å². The first-order valence-corrected chi connectivity index (χ1v) is 9.85. The molecule has 2 bridgehead atoms. The van der Waals surface area contributed by atoms with E-state index in [4.69, 9.17) is 4.74 Å². The van der Waals surface area contributed by atoms with Crippen LogP contribution in [0.5, 0.6) is 5.75 Å². The number of ether oxygens (including phenoxy) is 1. The molecule has 2 saturated heterocycles. The van der Waals surface area contributed by atoms with Crippen LogP contribution in [0.3, 0.4) is 0 Å². The maximum atomic E-state index is 12.5. The highest BCUT2D eigenvalue weighted by molar-refractivity contribution is 7.13. The van der Waals surface area contributed by atoms with Crippen molar-refractivity contribution in [3.05, 3.63) is 35.3 Å². The van der Waals surface area contributed by atoms with Crippen LogP contribution in [0.4, 0.5) is 0 Å². The van der Waals surface area contributed by atoms with Gasteiger partial charge in [0.25, 0.3) is 5.91 Å². The van der Waals surface area contributed by atoms with Crippen LogP contribution in [0.1, 0.15) is 43.1 Å². The van der Waals surface area contributed by atoms with Crippen molar-refractivity contribution in [3.8, 4) is 16.3 Å². The normalized spacial score (nSPS) is 23.1. The zero-order valence-electron chi connectivity index (χ0n) is 15.1. The Morgan fingerprint density at radius 2 is 1.89 bits per heavy atom. The number of nitrogens with zero attached hydrogens (tertiary/aromatic N) is 1. The molecule has 0 spiro atoms. The molecule has 1 amide bonds. The van der Waals surface area contributed by atoms with Gasteiger partial charge in [-0.05, 0) is 56.9 Å². The highest BCUT2D eigenvalue weighted by atomic mass is 35.5. The van der Waals surface area contributed by atoms with Crippen molar-refractivity contribution in [3.63, 3.8) is 0 Å². The average Bonchev–Trinajstić information content (AvgIpc) is 3.23. The van der Waals surface area contributed by atoms with Crippen molar-refractivity contribution in [2.75, 3.05) is 6.61 Å². The van der Waals surface area contributed by atoms with Gasteiger partial charge in [0, 0.05) is 29.1 Å². The monoisotopic (exact) mass is 429 g/mol. The minimum atomic E-state index is -0.0558. The Hall–Kier alpha value is -1.34. The second-order valence-corrected chi connectivity index (χ2v) is 7.63. The molecule has 2 aliphatic rings. The van der Waals surface area contributed by atoms with E-state index in [1.54, 1.807) is 0 Å². The number of thiazole rings is 1. The number of benzene rings is 1. The van der Waals surface area contributed by atoms with Gasteiger partial charge >= 0.3 is 0 Å². The third-order valence-electron chi connectivity index (χ3n) is 4.96. The van der Waals surface area contributed by atoms with Gasteiger partial charge in [0.1, 0.15) is 16.5 Å². The fourth-order valence-corrected chi connectivity index (χ4v) is 4.61. The molecular formula is C19H25Cl2N3O2S. The van der Waals surface area contributed by atoms with Crippen LogP contribution in [-0.4, -0.2) is 35.6 Å². The Kier molecular flexibility index (Phi) is 7.91. The molecule has 0 saturated carbocycles. The number of piperidine rings is 1. The minimum Gasteiger partial charge on any atom is -0.494 e. The molecule has 2 unspecified atom stereocenters. The SMILES string of the molecule is CCOc1ccc(-c2nc(C(=O)NC3CC4CCC(C3)N4)cs2)cc1.Cl.Cl. The largest absolute Gasteiger partial charge is 0.494 e. The van der Waals surface area contributed by atoms with Crippen molar-refractivity contribution >= 4 is 42.1 Å². The molecule has 4 rings (SSSR count). The Labute approximate surface area is 176 Å². The van der Waals surface area contributed by atoms with E-state index in [9.17, 15) is 4.79 Å². The van der Waals surface area contributed by atoms with Crippen molar-refractivity contribution in [1.82, 2.24) is 15.6 Å². The third kappa shape index (κ3) is 5.13. The summed E-state index contributed by atoms with van der Waals surface area (Å²) >= 11 is 1.50. The lowest BCUT2D eigenvalue weighted by molar-refractivity contribution is 0.0919. The first-order valence-electron chi connectivity index (χ1n) is 8.97. The molecule has 2 fully saturated rings. The van der Waals surface area contributed by atoms with Gasteiger partial charge in [-0.3, -0.25) is 4.79 Å². The van der Waals surface area contributed by atoms with E-state index in [2.05, 4.69) is 15.6 Å². The van der Waals surface area contributed by atoms with E-state index in [0.717, 1.165) is 29.2 Å². The molecule has 2 aliphatic heterocycles. The van der Waals surface area contributed by atoms with Gasteiger partial charge in [-0.25, -0.2) is 4.98 Å². The molecule has 2 atom stereocenters. The number of carbonyl (C=O) groups excluding carboxylic acids is 1. The van der Waals surface area contributed by atoms with Gasteiger partial charge < -0.3 is 15.4 Å². The van der Waals surface area contributed by atoms with Gasteiger partial charge in [-0.15, -0.1) is 36.2 Å².